The van der Waals surface area contributed by atoms with Gasteiger partial charge in [0, 0.05) is 5.56 Å². The molecule has 33 heavy (non-hydrogen) atoms. The maximum Gasteiger partial charge on any atom is 0.353 e. The summed E-state index contributed by atoms with van der Waals surface area (Å²) < 4.78 is 21.5. The van der Waals surface area contributed by atoms with Gasteiger partial charge in [0.2, 0.25) is 0 Å². The molecule has 1 N–H and O–H groups in total. The number of thioether (sulfide) groups is 1. The number of hydrogen-bond acceptors (Lipinski definition) is 6. The first-order valence-electron chi connectivity index (χ1n) is 10.1. The Morgan fingerprint density at radius 2 is 1.85 bits per heavy atom. The van der Waals surface area contributed by atoms with E-state index < -0.39 is 0 Å². The highest BCUT2D eigenvalue weighted by atomic mass is 32.2. The summed E-state index contributed by atoms with van der Waals surface area (Å²) in [5.41, 5.74) is 2.96. The minimum absolute atomic E-state index is 0.234. The summed E-state index contributed by atoms with van der Waals surface area (Å²) in [6.45, 7) is 1.84. The minimum Gasteiger partial charge on any atom is -0.497 e. The minimum atomic E-state index is -0.346. The molecule has 4 aromatic rings. The molecule has 0 atom stereocenters. The van der Waals surface area contributed by atoms with Gasteiger partial charge in [0.1, 0.15) is 18.2 Å². The summed E-state index contributed by atoms with van der Waals surface area (Å²) in [5.74, 6) is 6.17. The number of aliphatic hydroxyl groups excluding tert-OH is 1. The number of aliphatic hydroxyl groups is 1. The fraction of sp³-hybridized carbons (Fsp3) is 0.208. The molecular weight excluding hydrogens is 443 g/mol. The zero-order chi connectivity index (χ0) is 23.4. The third kappa shape index (κ3) is 4.77. The first-order valence-corrected chi connectivity index (χ1v) is 11.1. The van der Waals surface area contributed by atoms with E-state index in [-0.39, 0.29) is 24.7 Å². The van der Waals surface area contributed by atoms with Gasteiger partial charge in [-0.3, -0.25) is 4.57 Å². The van der Waals surface area contributed by atoms with Gasteiger partial charge in [0.15, 0.2) is 10.8 Å². The van der Waals surface area contributed by atoms with Crippen molar-refractivity contribution in [2.75, 3.05) is 19.5 Å². The van der Waals surface area contributed by atoms with Gasteiger partial charge in [0.05, 0.1) is 25.1 Å². The Hall–Kier alpha value is -3.61. The zero-order valence-corrected chi connectivity index (χ0v) is 18.9. The average Bonchev–Trinajstić information content (AvgIpc) is 3.16. The average molecular weight is 465 g/mol. The van der Waals surface area contributed by atoms with E-state index in [0.29, 0.717) is 27.8 Å². The summed E-state index contributed by atoms with van der Waals surface area (Å²) in [5, 5.41) is 13.8. The monoisotopic (exact) mass is 464 g/mol. The van der Waals surface area contributed by atoms with E-state index in [4.69, 9.17) is 14.8 Å². The molecule has 0 radical (unpaired) electrons. The molecule has 0 aliphatic heterocycles. The van der Waals surface area contributed by atoms with Gasteiger partial charge < -0.3 is 9.84 Å². The molecule has 9 heteroatoms. The lowest BCUT2D eigenvalue weighted by atomic mass is 10.1. The number of rotatable bonds is 6. The molecule has 0 aliphatic carbocycles. The standard InChI is InChI=1S/C24H21FN4O3S/c1-16-21(18-7-9-19(25)10-8-18)22-26-23(33-14-4-3-13-30)28(24(31)29(22)27-16)15-17-5-11-20(32-2)12-6-17/h5-12,30H,13-15H2,1-2H3. The highest BCUT2D eigenvalue weighted by Gasteiger charge is 2.19. The molecule has 0 amide bonds. The first kappa shape index (κ1) is 22.6. The summed E-state index contributed by atoms with van der Waals surface area (Å²) in [6.07, 6.45) is 0. The third-order valence-electron chi connectivity index (χ3n) is 4.99. The summed E-state index contributed by atoms with van der Waals surface area (Å²) >= 11 is 1.30. The van der Waals surface area contributed by atoms with Crippen LogP contribution < -0.4 is 10.4 Å². The lowest BCUT2D eigenvalue weighted by Crippen LogP contribution is -2.30. The molecule has 0 spiro atoms. The zero-order valence-electron chi connectivity index (χ0n) is 18.1. The molecule has 0 aliphatic rings. The lowest BCUT2D eigenvalue weighted by Gasteiger charge is -2.12. The maximum absolute atomic E-state index is 13.5. The van der Waals surface area contributed by atoms with E-state index in [1.165, 1.54) is 28.4 Å². The molecule has 4 rings (SSSR count). The Bertz CT molecular complexity index is 1400. The quantitative estimate of drug-likeness (QED) is 0.349. The van der Waals surface area contributed by atoms with Crippen LogP contribution in [-0.2, 0) is 6.54 Å². The van der Waals surface area contributed by atoms with Crippen molar-refractivity contribution in [1.29, 1.82) is 0 Å². The normalized spacial score (nSPS) is 10.8. The van der Waals surface area contributed by atoms with Gasteiger partial charge in [-0.05, 0) is 42.3 Å². The number of methoxy groups -OCH3 is 1. The molecule has 0 saturated carbocycles. The number of hydrogen-bond donors (Lipinski definition) is 1. The van der Waals surface area contributed by atoms with Crippen molar-refractivity contribution in [3.8, 4) is 28.7 Å². The van der Waals surface area contributed by atoms with Crippen LogP contribution in [-0.4, -0.2) is 43.7 Å². The Kier molecular flexibility index (Phi) is 6.77. The maximum atomic E-state index is 13.5. The molecule has 0 bridgehead atoms. The van der Waals surface area contributed by atoms with Crippen molar-refractivity contribution in [2.24, 2.45) is 0 Å². The lowest BCUT2D eigenvalue weighted by molar-refractivity contribution is 0.350. The van der Waals surface area contributed by atoms with Crippen LogP contribution in [0.3, 0.4) is 0 Å². The second-order valence-electron chi connectivity index (χ2n) is 7.11. The van der Waals surface area contributed by atoms with Gasteiger partial charge >= 0.3 is 5.69 Å². The van der Waals surface area contributed by atoms with E-state index in [0.717, 1.165) is 16.9 Å². The van der Waals surface area contributed by atoms with Crippen molar-refractivity contribution in [3.05, 3.63) is 76.1 Å². The van der Waals surface area contributed by atoms with Crippen LogP contribution in [0, 0.1) is 24.6 Å². The van der Waals surface area contributed by atoms with Crippen LogP contribution in [0.1, 0.15) is 11.3 Å². The Morgan fingerprint density at radius 3 is 2.52 bits per heavy atom. The van der Waals surface area contributed by atoms with Crippen molar-refractivity contribution in [1.82, 2.24) is 19.2 Å². The van der Waals surface area contributed by atoms with Gasteiger partial charge in [-0.2, -0.15) is 9.61 Å². The van der Waals surface area contributed by atoms with E-state index in [1.54, 1.807) is 30.7 Å². The molecule has 168 valence electrons. The van der Waals surface area contributed by atoms with Crippen LogP contribution in [0.25, 0.3) is 16.8 Å². The number of fused-ring (bicyclic) bond motifs is 1. The van der Waals surface area contributed by atoms with Crippen molar-refractivity contribution >= 4 is 17.4 Å². The summed E-state index contributed by atoms with van der Waals surface area (Å²) in [6, 6.07) is 13.4. The van der Waals surface area contributed by atoms with E-state index in [2.05, 4.69) is 16.9 Å². The molecular formula is C24H21FN4O3S. The third-order valence-corrected chi connectivity index (χ3v) is 5.85. The highest BCUT2D eigenvalue weighted by Crippen LogP contribution is 2.28. The largest absolute Gasteiger partial charge is 0.497 e. The van der Waals surface area contributed by atoms with Gasteiger partial charge in [-0.15, -0.1) is 0 Å². The predicted molar refractivity (Wildman–Crippen MR) is 125 cm³/mol. The molecule has 2 aromatic carbocycles. The summed E-state index contributed by atoms with van der Waals surface area (Å²) in [7, 11) is 1.60. The number of benzene rings is 2. The molecule has 2 aromatic heterocycles. The second kappa shape index (κ2) is 9.90. The molecule has 7 nitrogen and oxygen atoms in total. The van der Waals surface area contributed by atoms with Gasteiger partial charge in [-0.25, -0.2) is 14.2 Å². The number of halogens is 1. The Morgan fingerprint density at radius 1 is 1.12 bits per heavy atom. The summed E-state index contributed by atoms with van der Waals surface area (Å²) in [4.78, 5) is 18.2. The topological polar surface area (TPSA) is 81.7 Å². The second-order valence-corrected chi connectivity index (χ2v) is 8.06. The number of ether oxygens (including phenoxy) is 1. The number of aryl methyl sites for hydroxylation is 1. The fourth-order valence-electron chi connectivity index (χ4n) is 3.42. The Labute approximate surface area is 193 Å². The fourth-order valence-corrected chi connectivity index (χ4v) is 4.17. The SMILES string of the molecule is COc1ccc(Cn2c(SCC#CCO)nc3c(-c4ccc(F)cc4)c(C)nn3c2=O)cc1. The molecule has 0 saturated heterocycles. The van der Waals surface area contributed by atoms with Crippen LogP contribution in [0.15, 0.2) is 58.5 Å². The van der Waals surface area contributed by atoms with Crippen LogP contribution in [0.4, 0.5) is 4.39 Å². The van der Waals surface area contributed by atoms with Crippen molar-refractivity contribution < 1.29 is 14.2 Å². The van der Waals surface area contributed by atoms with Crippen LogP contribution >= 0.6 is 11.8 Å². The van der Waals surface area contributed by atoms with Gasteiger partial charge in [0.25, 0.3) is 0 Å². The molecule has 0 fully saturated rings. The number of nitrogens with zero attached hydrogens (tertiary/aromatic N) is 4. The Balaban J connectivity index is 1.85. The van der Waals surface area contributed by atoms with Crippen LogP contribution in [0.2, 0.25) is 0 Å². The molecule has 2 heterocycles. The van der Waals surface area contributed by atoms with Crippen LogP contribution in [0.5, 0.6) is 5.75 Å². The number of aromatic nitrogens is 4. The predicted octanol–water partition coefficient (Wildman–Crippen LogP) is 3.15. The van der Waals surface area contributed by atoms with E-state index >= 15 is 0 Å². The smallest absolute Gasteiger partial charge is 0.353 e. The van der Waals surface area contributed by atoms with E-state index in [1.807, 2.05) is 24.3 Å². The van der Waals surface area contributed by atoms with Crippen molar-refractivity contribution in [2.45, 2.75) is 18.6 Å². The highest BCUT2D eigenvalue weighted by molar-refractivity contribution is 7.99. The first-order chi connectivity index (χ1) is 16.0. The molecule has 0 unspecified atom stereocenters. The van der Waals surface area contributed by atoms with Crippen molar-refractivity contribution in [3.63, 3.8) is 0 Å². The van der Waals surface area contributed by atoms with E-state index in [9.17, 15) is 9.18 Å². The van der Waals surface area contributed by atoms with Gasteiger partial charge in [-0.1, -0.05) is 47.9 Å².